The predicted molar refractivity (Wildman–Crippen MR) is 128 cm³/mol. The molecule has 0 aliphatic carbocycles. The van der Waals surface area contributed by atoms with Gasteiger partial charge in [0.15, 0.2) is 0 Å². The number of imidazole rings is 1. The highest BCUT2D eigenvalue weighted by molar-refractivity contribution is 5.93. The van der Waals surface area contributed by atoms with Gasteiger partial charge in [0.1, 0.15) is 11.6 Å². The van der Waals surface area contributed by atoms with E-state index in [9.17, 15) is 18.0 Å². The van der Waals surface area contributed by atoms with Crippen molar-refractivity contribution in [3.63, 3.8) is 0 Å². The third kappa shape index (κ3) is 5.60. The number of fused-ring (bicyclic) bond motifs is 1. The van der Waals surface area contributed by atoms with Gasteiger partial charge in [-0.15, -0.1) is 13.2 Å². The van der Waals surface area contributed by atoms with E-state index in [2.05, 4.69) is 25.6 Å². The Balaban J connectivity index is 1.47. The van der Waals surface area contributed by atoms with E-state index in [0.29, 0.717) is 22.5 Å². The molecule has 1 heterocycles. The summed E-state index contributed by atoms with van der Waals surface area (Å²) in [5.74, 6) is 0.284. The summed E-state index contributed by atoms with van der Waals surface area (Å²) < 4.78 is 42.9. The van der Waals surface area contributed by atoms with Gasteiger partial charge in [-0.25, -0.2) is 15.2 Å². The fraction of sp³-hybridized carbons (Fsp3) is 0.160. The van der Waals surface area contributed by atoms with Crippen LogP contribution in [0.15, 0.2) is 65.8 Å². The maximum atomic E-state index is 12.4. The summed E-state index contributed by atoms with van der Waals surface area (Å²) in [5.41, 5.74) is 7.92. The Kier molecular flexibility index (Phi) is 6.46. The van der Waals surface area contributed by atoms with E-state index in [-0.39, 0.29) is 5.75 Å². The van der Waals surface area contributed by atoms with Crippen LogP contribution in [-0.2, 0) is 7.05 Å². The molecule has 0 bridgehead atoms. The molecule has 1 aromatic heterocycles. The summed E-state index contributed by atoms with van der Waals surface area (Å²) in [4.78, 5) is 16.8. The number of hydrazone groups is 1. The monoisotopic (exact) mass is 481 g/mol. The van der Waals surface area contributed by atoms with E-state index < -0.39 is 12.4 Å². The number of hydrogen-bond acceptors (Lipinski definition) is 4. The quantitative estimate of drug-likeness (QED) is 0.275. The lowest BCUT2D eigenvalue weighted by Gasteiger charge is -2.10. The molecule has 0 radical (unpaired) electrons. The Morgan fingerprint density at radius 1 is 1.06 bits per heavy atom. The molecule has 35 heavy (non-hydrogen) atoms. The number of para-hydroxylation sites is 1. The lowest BCUT2D eigenvalue weighted by Crippen LogP contribution is -2.25. The van der Waals surface area contributed by atoms with Gasteiger partial charge in [0.2, 0.25) is 0 Å². The number of alkyl halides is 3. The number of urea groups is 1. The van der Waals surface area contributed by atoms with Crippen molar-refractivity contribution in [1.29, 1.82) is 0 Å². The fourth-order valence-electron chi connectivity index (χ4n) is 3.68. The molecule has 180 valence electrons. The van der Waals surface area contributed by atoms with Crippen LogP contribution in [0.1, 0.15) is 16.7 Å². The Hall–Kier alpha value is -4.34. The highest BCUT2D eigenvalue weighted by Crippen LogP contribution is 2.28. The number of rotatable bonds is 5. The van der Waals surface area contributed by atoms with Crippen LogP contribution in [0.5, 0.6) is 5.75 Å². The molecule has 0 atom stereocenters. The van der Waals surface area contributed by atoms with Crippen molar-refractivity contribution < 1.29 is 22.7 Å². The molecule has 10 heteroatoms. The molecule has 0 unspecified atom stereocenters. The maximum absolute atomic E-state index is 12.4. The molecule has 4 aromatic rings. The molecular formula is C25H22F3N5O2. The van der Waals surface area contributed by atoms with Crippen LogP contribution in [0.2, 0.25) is 0 Å². The Labute approximate surface area is 199 Å². The summed E-state index contributed by atoms with van der Waals surface area (Å²) in [6, 6.07) is 16.3. The first-order chi connectivity index (χ1) is 16.6. The summed E-state index contributed by atoms with van der Waals surface area (Å²) in [7, 11) is 1.82. The van der Waals surface area contributed by atoms with Crippen LogP contribution in [0.25, 0.3) is 22.4 Å². The van der Waals surface area contributed by atoms with Crippen LogP contribution in [-0.4, -0.2) is 28.2 Å². The third-order valence-electron chi connectivity index (χ3n) is 5.35. The van der Waals surface area contributed by atoms with E-state index in [4.69, 9.17) is 0 Å². The predicted octanol–water partition coefficient (Wildman–Crippen LogP) is 5.91. The van der Waals surface area contributed by atoms with Crippen LogP contribution >= 0.6 is 0 Å². The van der Waals surface area contributed by atoms with Crippen LogP contribution in [0.4, 0.5) is 23.7 Å². The molecule has 2 N–H and O–H groups in total. The molecule has 0 saturated carbocycles. The van der Waals surface area contributed by atoms with Gasteiger partial charge in [0, 0.05) is 18.3 Å². The van der Waals surface area contributed by atoms with Gasteiger partial charge in [0.05, 0.1) is 17.2 Å². The smallest absolute Gasteiger partial charge is 0.406 e. The molecule has 2 amide bonds. The van der Waals surface area contributed by atoms with Gasteiger partial charge in [-0.3, -0.25) is 0 Å². The summed E-state index contributed by atoms with van der Waals surface area (Å²) in [6.07, 6.45) is -3.24. The van der Waals surface area contributed by atoms with E-state index >= 15 is 0 Å². The normalized spacial score (nSPS) is 11.7. The number of nitrogens with one attached hydrogen (secondary N) is 2. The van der Waals surface area contributed by atoms with Gasteiger partial charge >= 0.3 is 12.4 Å². The number of benzene rings is 3. The number of carbonyl (C=O) groups excluding carboxylic acids is 1. The zero-order valence-electron chi connectivity index (χ0n) is 19.1. The number of hydrogen-bond donors (Lipinski definition) is 2. The first-order valence-electron chi connectivity index (χ1n) is 10.6. The maximum Gasteiger partial charge on any atom is 0.573 e. The molecule has 0 spiro atoms. The van der Waals surface area contributed by atoms with Crippen molar-refractivity contribution in [2.75, 3.05) is 5.32 Å². The van der Waals surface area contributed by atoms with Gasteiger partial charge in [0.25, 0.3) is 0 Å². The van der Waals surface area contributed by atoms with E-state index in [1.807, 2.05) is 55.8 Å². The van der Waals surface area contributed by atoms with Gasteiger partial charge < -0.3 is 14.6 Å². The highest BCUT2D eigenvalue weighted by Gasteiger charge is 2.31. The van der Waals surface area contributed by atoms with Crippen molar-refractivity contribution in [2.24, 2.45) is 12.1 Å². The van der Waals surface area contributed by atoms with Crippen LogP contribution < -0.4 is 15.5 Å². The zero-order chi connectivity index (χ0) is 25.2. The summed E-state index contributed by atoms with van der Waals surface area (Å²) >= 11 is 0. The van der Waals surface area contributed by atoms with Gasteiger partial charge in [-0.05, 0) is 66.9 Å². The SMILES string of the molecule is Cc1cccc(C)c1NC(=O)NN=Cc1ccc2c(c1)nc(-c1ccc(OC(F)(F)F)cc1)n2C. The Morgan fingerprint density at radius 2 is 1.74 bits per heavy atom. The third-order valence-corrected chi connectivity index (χ3v) is 5.35. The molecule has 4 rings (SSSR count). The number of anilines is 1. The summed E-state index contributed by atoms with van der Waals surface area (Å²) in [6.45, 7) is 3.82. The largest absolute Gasteiger partial charge is 0.573 e. The standard InChI is InChI=1S/C25H22F3N5O2/c1-15-5-4-6-16(2)22(15)31-24(34)32-29-14-17-7-12-21-20(13-17)30-23(33(21)3)18-8-10-19(11-9-18)35-25(26,27)28/h4-14H,1-3H3,(H2,31,32,34). The number of halogens is 3. The number of ether oxygens (including phenoxy) is 1. The van der Waals surface area contributed by atoms with E-state index in [1.54, 1.807) is 6.07 Å². The average molecular weight is 481 g/mol. The molecule has 0 saturated heterocycles. The second-order valence-electron chi connectivity index (χ2n) is 7.91. The summed E-state index contributed by atoms with van der Waals surface area (Å²) in [5, 5.41) is 6.79. The minimum absolute atomic E-state index is 0.298. The van der Waals surface area contributed by atoms with E-state index in [1.165, 1.54) is 30.5 Å². The van der Waals surface area contributed by atoms with E-state index in [0.717, 1.165) is 22.3 Å². The van der Waals surface area contributed by atoms with Crippen molar-refractivity contribution in [1.82, 2.24) is 15.0 Å². The average Bonchev–Trinajstić information content (AvgIpc) is 3.12. The molecule has 3 aromatic carbocycles. The lowest BCUT2D eigenvalue weighted by molar-refractivity contribution is -0.274. The van der Waals surface area contributed by atoms with Gasteiger partial charge in [-0.1, -0.05) is 24.3 Å². The Morgan fingerprint density at radius 3 is 2.40 bits per heavy atom. The minimum Gasteiger partial charge on any atom is -0.406 e. The fourth-order valence-corrected chi connectivity index (χ4v) is 3.68. The van der Waals surface area contributed by atoms with Crippen molar-refractivity contribution >= 4 is 29.0 Å². The first-order valence-corrected chi connectivity index (χ1v) is 10.6. The van der Waals surface area contributed by atoms with Crippen molar-refractivity contribution in [2.45, 2.75) is 20.2 Å². The lowest BCUT2D eigenvalue weighted by atomic mass is 10.1. The first kappa shape index (κ1) is 23.8. The number of amides is 2. The number of nitrogens with zero attached hydrogens (tertiary/aromatic N) is 3. The molecular weight excluding hydrogens is 459 g/mol. The number of aryl methyl sites for hydroxylation is 3. The second kappa shape index (κ2) is 9.49. The molecule has 0 fully saturated rings. The topological polar surface area (TPSA) is 80.5 Å². The van der Waals surface area contributed by atoms with Crippen LogP contribution in [0, 0.1) is 13.8 Å². The minimum atomic E-state index is -4.74. The molecule has 0 aliphatic heterocycles. The Bertz CT molecular complexity index is 1390. The molecule has 0 aliphatic rings. The van der Waals surface area contributed by atoms with Gasteiger partial charge in [-0.2, -0.15) is 5.10 Å². The van der Waals surface area contributed by atoms with Crippen molar-refractivity contribution in [3.05, 3.63) is 77.4 Å². The van der Waals surface area contributed by atoms with Crippen LogP contribution in [0.3, 0.4) is 0 Å². The number of carbonyl (C=O) groups is 1. The number of aromatic nitrogens is 2. The second-order valence-corrected chi connectivity index (χ2v) is 7.91. The zero-order valence-corrected chi connectivity index (χ0v) is 19.1. The molecule has 7 nitrogen and oxygen atoms in total. The highest BCUT2D eigenvalue weighted by atomic mass is 19.4. The van der Waals surface area contributed by atoms with Crippen molar-refractivity contribution in [3.8, 4) is 17.1 Å².